The standard InChI is InChI=1S/C13H15N2OS/c1-2-8-14-13(17)15-12-7-3-5-11(10-12)6-4-9-16/h2-7,10H,1,8-9H2,(H2,14,15,17)/b6-4+. The molecule has 3 nitrogen and oxygen atoms in total. The van der Waals surface area contributed by atoms with Crippen LogP contribution < -0.4 is 10.6 Å². The van der Waals surface area contributed by atoms with E-state index in [-0.39, 0.29) is 6.61 Å². The molecule has 4 heteroatoms. The first-order valence-corrected chi connectivity index (χ1v) is 5.67. The van der Waals surface area contributed by atoms with Crippen molar-refractivity contribution in [2.75, 3.05) is 18.5 Å². The second kappa shape index (κ2) is 7.60. The predicted octanol–water partition coefficient (Wildman–Crippen LogP) is 2.60. The zero-order valence-corrected chi connectivity index (χ0v) is 10.3. The third kappa shape index (κ3) is 5.29. The van der Waals surface area contributed by atoms with Gasteiger partial charge in [0, 0.05) is 12.2 Å². The van der Waals surface area contributed by atoms with Gasteiger partial charge in [0.1, 0.15) is 6.61 Å². The van der Waals surface area contributed by atoms with Crippen LogP contribution in [0.25, 0.3) is 6.08 Å². The highest BCUT2D eigenvalue weighted by Gasteiger charge is 1.96. The summed E-state index contributed by atoms with van der Waals surface area (Å²) in [7, 11) is 0. The fourth-order valence-corrected chi connectivity index (χ4v) is 1.45. The molecule has 1 radical (unpaired) electrons. The first kappa shape index (κ1) is 13.4. The molecule has 0 aliphatic carbocycles. The lowest BCUT2D eigenvalue weighted by Gasteiger charge is -2.09. The highest BCUT2D eigenvalue weighted by Crippen LogP contribution is 2.11. The van der Waals surface area contributed by atoms with Crippen LogP contribution in [-0.4, -0.2) is 18.3 Å². The predicted molar refractivity (Wildman–Crippen MR) is 75.4 cm³/mol. The molecule has 0 aromatic heterocycles. The van der Waals surface area contributed by atoms with Crippen LogP contribution in [-0.2, 0) is 5.11 Å². The van der Waals surface area contributed by atoms with Crippen molar-refractivity contribution in [3.8, 4) is 0 Å². The molecule has 2 N–H and O–H groups in total. The van der Waals surface area contributed by atoms with Crippen LogP contribution in [0.1, 0.15) is 5.56 Å². The molecule has 89 valence electrons. The third-order valence-corrected chi connectivity index (χ3v) is 2.20. The summed E-state index contributed by atoms with van der Waals surface area (Å²) in [4.78, 5) is 0. The maximum Gasteiger partial charge on any atom is 0.171 e. The van der Waals surface area contributed by atoms with Gasteiger partial charge in [-0.25, -0.2) is 5.11 Å². The summed E-state index contributed by atoms with van der Waals surface area (Å²) in [5.74, 6) is 0. The van der Waals surface area contributed by atoms with E-state index in [0.29, 0.717) is 11.7 Å². The van der Waals surface area contributed by atoms with Crippen LogP contribution >= 0.6 is 12.2 Å². The number of anilines is 1. The molecule has 1 rings (SSSR count). The Bertz CT molecular complexity index is 416. The third-order valence-electron chi connectivity index (χ3n) is 1.96. The topological polar surface area (TPSA) is 44.0 Å². The van der Waals surface area contributed by atoms with E-state index in [9.17, 15) is 5.11 Å². The van der Waals surface area contributed by atoms with Gasteiger partial charge in [-0.05, 0) is 29.9 Å². The molecule has 0 saturated heterocycles. The van der Waals surface area contributed by atoms with Crippen molar-refractivity contribution < 1.29 is 5.11 Å². The molecular formula is C13H15N2OS. The lowest BCUT2D eigenvalue weighted by atomic mass is 10.2. The lowest BCUT2D eigenvalue weighted by molar-refractivity contribution is 0.233. The number of rotatable bonds is 5. The highest BCUT2D eigenvalue weighted by molar-refractivity contribution is 7.80. The van der Waals surface area contributed by atoms with Crippen molar-refractivity contribution in [3.05, 3.63) is 48.6 Å². The molecule has 0 atom stereocenters. The zero-order chi connectivity index (χ0) is 12.5. The van der Waals surface area contributed by atoms with Gasteiger partial charge in [-0.15, -0.1) is 6.58 Å². The fourth-order valence-electron chi connectivity index (χ4n) is 1.24. The quantitative estimate of drug-likeness (QED) is 0.621. The summed E-state index contributed by atoms with van der Waals surface area (Å²) in [6.45, 7) is 4.01. The van der Waals surface area contributed by atoms with Crippen LogP contribution in [0.5, 0.6) is 0 Å². The average Bonchev–Trinajstić information content (AvgIpc) is 2.34. The van der Waals surface area contributed by atoms with Gasteiger partial charge in [-0.2, -0.15) is 0 Å². The maximum atomic E-state index is 10.3. The minimum absolute atomic E-state index is 0.211. The molecule has 0 bridgehead atoms. The van der Waals surface area contributed by atoms with Gasteiger partial charge in [0.15, 0.2) is 5.11 Å². The van der Waals surface area contributed by atoms with Crippen molar-refractivity contribution in [3.63, 3.8) is 0 Å². The van der Waals surface area contributed by atoms with Gasteiger partial charge >= 0.3 is 0 Å². The van der Waals surface area contributed by atoms with Crippen molar-refractivity contribution in [1.82, 2.24) is 5.32 Å². The molecular weight excluding hydrogens is 232 g/mol. The zero-order valence-electron chi connectivity index (χ0n) is 9.48. The molecule has 0 spiro atoms. The smallest absolute Gasteiger partial charge is 0.171 e. The lowest BCUT2D eigenvalue weighted by Crippen LogP contribution is -2.28. The fraction of sp³-hybridized carbons (Fsp3) is 0.154. The monoisotopic (exact) mass is 247 g/mol. The Labute approximate surface area is 107 Å². The maximum absolute atomic E-state index is 10.3. The van der Waals surface area contributed by atoms with E-state index < -0.39 is 0 Å². The molecule has 17 heavy (non-hydrogen) atoms. The van der Waals surface area contributed by atoms with E-state index in [1.807, 2.05) is 24.3 Å². The number of hydrogen-bond donors (Lipinski definition) is 2. The van der Waals surface area contributed by atoms with Gasteiger partial charge in [0.25, 0.3) is 0 Å². The second-order valence-corrected chi connectivity index (χ2v) is 3.73. The Morgan fingerprint density at radius 3 is 3.00 bits per heavy atom. The molecule has 0 fully saturated rings. The molecule has 0 aliphatic rings. The first-order chi connectivity index (χ1) is 8.26. The van der Waals surface area contributed by atoms with Crippen LogP contribution in [0.15, 0.2) is 43.0 Å². The van der Waals surface area contributed by atoms with Crippen molar-refractivity contribution in [1.29, 1.82) is 0 Å². The van der Waals surface area contributed by atoms with E-state index in [1.54, 1.807) is 18.2 Å². The minimum atomic E-state index is -0.211. The Morgan fingerprint density at radius 1 is 1.47 bits per heavy atom. The first-order valence-electron chi connectivity index (χ1n) is 5.26. The molecule has 0 unspecified atom stereocenters. The second-order valence-electron chi connectivity index (χ2n) is 3.32. The molecule has 1 aromatic carbocycles. The van der Waals surface area contributed by atoms with E-state index >= 15 is 0 Å². The normalized spacial score (nSPS) is 10.2. The Morgan fingerprint density at radius 2 is 2.29 bits per heavy atom. The molecule has 0 aliphatic heterocycles. The van der Waals surface area contributed by atoms with E-state index in [2.05, 4.69) is 17.2 Å². The van der Waals surface area contributed by atoms with Gasteiger partial charge in [0.05, 0.1) is 0 Å². The number of benzene rings is 1. The summed E-state index contributed by atoms with van der Waals surface area (Å²) < 4.78 is 0. The average molecular weight is 247 g/mol. The Kier molecular flexibility index (Phi) is 5.99. The Hall–Kier alpha value is -1.65. The molecule has 0 amide bonds. The van der Waals surface area contributed by atoms with Gasteiger partial charge in [-0.3, -0.25) is 0 Å². The molecule has 0 heterocycles. The molecule has 1 aromatic rings. The van der Waals surface area contributed by atoms with E-state index in [1.165, 1.54) is 0 Å². The van der Waals surface area contributed by atoms with Crippen LogP contribution in [0.3, 0.4) is 0 Å². The van der Waals surface area contributed by atoms with Crippen LogP contribution in [0, 0.1) is 0 Å². The van der Waals surface area contributed by atoms with Crippen LogP contribution in [0.4, 0.5) is 5.69 Å². The van der Waals surface area contributed by atoms with Crippen LogP contribution in [0.2, 0.25) is 0 Å². The largest absolute Gasteiger partial charge is 0.359 e. The SMILES string of the molecule is C=CCNC(=S)Nc1cccc(/C=C/C[O])c1. The summed E-state index contributed by atoms with van der Waals surface area (Å²) in [6, 6.07) is 7.67. The van der Waals surface area contributed by atoms with E-state index in [0.717, 1.165) is 11.3 Å². The van der Waals surface area contributed by atoms with Crippen molar-refractivity contribution in [2.24, 2.45) is 0 Å². The van der Waals surface area contributed by atoms with Crippen molar-refractivity contribution >= 4 is 29.1 Å². The Balaban J connectivity index is 2.62. The number of nitrogens with one attached hydrogen (secondary N) is 2. The highest BCUT2D eigenvalue weighted by atomic mass is 32.1. The van der Waals surface area contributed by atoms with Gasteiger partial charge < -0.3 is 10.6 Å². The summed E-state index contributed by atoms with van der Waals surface area (Å²) in [5, 5.41) is 16.9. The minimum Gasteiger partial charge on any atom is -0.359 e. The number of thiocarbonyl (C=S) groups is 1. The summed E-state index contributed by atoms with van der Waals surface area (Å²) >= 11 is 5.09. The van der Waals surface area contributed by atoms with E-state index in [4.69, 9.17) is 12.2 Å². The van der Waals surface area contributed by atoms with Gasteiger partial charge in [-0.1, -0.05) is 30.4 Å². The summed E-state index contributed by atoms with van der Waals surface area (Å²) in [6.07, 6.45) is 5.10. The van der Waals surface area contributed by atoms with Crippen molar-refractivity contribution in [2.45, 2.75) is 0 Å². The molecule has 0 saturated carbocycles. The number of hydrogen-bond acceptors (Lipinski definition) is 1. The summed E-state index contributed by atoms with van der Waals surface area (Å²) in [5.41, 5.74) is 1.86. The van der Waals surface area contributed by atoms with Gasteiger partial charge in [0.2, 0.25) is 0 Å².